The van der Waals surface area contributed by atoms with Crippen LogP contribution in [-0.2, 0) is 0 Å². The van der Waals surface area contributed by atoms with Gasteiger partial charge in [0.15, 0.2) is 0 Å². The lowest BCUT2D eigenvalue weighted by Crippen LogP contribution is -1.94. The van der Waals surface area contributed by atoms with Crippen LogP contribution in [0.3, 0.4) is 0 Å². The zero-order valence-electron chi connectivity index (χ0n) is 9.93. The van der Waals surface area contributed by atoms with Crippen LogP contribution in [0.4, 0.5) is 5.13 Å². The molecule has 4 nitrogen and oxygen atoms in total. The highest BCUT2D eigenvalue weighted by Crippen LogP contribution is 2.27. The second-order valence-corrected chi connectivity index (χ2v) is 4.51. The van der Waals surface area contributed by atoms with Crippen molar-refractivity contribution >= 4 is 16.5 Å². The predicted octanol–water partition coefficient (Wildman–Crippen LogP) is 3.04. The van der Waals surface area contributed by atoms with Gasteiger partial charge in [0.25, 0.3) is 0 Å². The summed E-state index contributed by atoms with van der Waals surface area (Å²) >= 11 is 1.54. The summed E-state index contributed by atoms with van der Waals surface area (Å²) in [5.41, 5.74) is 1.06. The standard InChI is InChI=1S/C12H15N3OS/c1-3-8-16-10-6-4-9(5-7-10)11-14-15-12(13-2)17-11/h4-7H,3,8H2,1-2H3,(H,13,15). The van der Waals surface area contributed by atoms with E-state index >= 15 is 0 Å². The highest BCUT2D eigenvalue weighted by Gasteiger charge is 2.05. The van der Waals surface area contributed by atoms with Crippen LogP contribution in [0, 0.1) is 0 Å². The minimum Gasteiger partial charge on any atom is -0.494 e. The number of anilines is 1. The van der Waals surface area contributed by atoms with Crippen molar-refractivity contribution < 1.29 is 4.74 Å². The fourth-order valence-corrected chi connectivity index (χ4v) is 2.06. The maximum atomic E-state index is 5.53. The highest BCUT2D eigenvalue weighted by atomic mass is 32.1. The quantitative estimate of drug-likeness (QED) is 0.884. The van der Waals surface area contributed by atoms with E-state index < -0.39 is 0 Å². The molecule has 1 heterocycles. The van der Waals surface area contributed by atoms with E-state index in [0.29, 0.717) is 0 Å². The number of nitrogens with one attached hydrogen (secondary N) is 1. The van der Waals surface area contributed by atoms with Gasteiger partial charge in [0, 0.05) is 12.6 Å². The van der Waals surface area contributed by atoms with Crippen LogP contribution in [0.25, 0.3) is 10.6 Å². The van der Waals surface area contributed by atoms with Gasteiger partial charge in [-0.25, -0.2) is 0 Å². The van der Waals surface area contributed by atoms with E-state index in [9.17, 15) is 0 Å². The molecule has 0 saturated carbocycles. The Morgan fingerprint density at radius 2 is 2.00 bits per heavy atom. The zero-order valence-corrected chi connectivity index (χ0v) is 10.8. The third-order valence-corrected chi connectivity index (χ3v) is 3.20. The molecule has 0 radical (unpaired) electrons. The summed E-state index contributed by atoms with van der Waals surface area (Å²) in [6, 6.07) is 7.94. The molecule has 0 saturated heterocycles. The first kappa shape index (κ1) is 11.9. The molecule has 0 unspecified atom stereocenters. The average Bonchev–Trinajstić information content (AvgIpc) is 2.86. The van der Waals surface area contributed by atoms with Crippen LogP contribution in [-0.4, -0.2) is 23.9 Å². The summed E-state index contributed by atoms with van der Waals surface area (Å²) in [7, 11) is 1.84. The normalized spacial score (nSPS) is 10.2. The lowest BCUT2D eigenvalue weighted by atomic mass is 10.2. The summed E-state index contributed by atoms with van der Waals surface area (Å²) in [6.07, 6.45) is 1.02. The first-order valence-corrected chi connectivity index (χ1v) is 6.39. The van der Waals surface area contributed by atoms with E-state index in [1.54, 1.807) is 0 Å². The molecule has 2 aromatic rings. The van der Waals surface area contributed by atoms with Gasteiger partial charge in [-0.1, -0.05) is 18.3 Å². The van der Waals surface area contributed by atoms with Crippen LogP contribution in [0.15, 0.2) is 24.3 Å². The van der Waals surface area contributed by atoms with Gasteiger partial charge in [-0.3, -0.25) is 0 Å². The van der Waals surface area contributed by atoms with Crippen molar-refractivity contribution in [2.45, 2.75) is 13.3 Å². The number of ether oxygens (including phenoxy) is 1. The van der Waals surface area contributed by atoms with Crippen LogP contribution >= 0.6 is 11.3 Å². The number of aromatic nitrogens is 2. The van der Waals surface area contributed by atoms with E-state index in [4.69, 9.17) is 4.74 Å². The lowest BCUT2D eigenvalue weighted by Gasteiger charge is -2.04. The minimum absolute atomic E-state index is 0.752. The second-order valence-electron chi connectivity index (χ2n) is 3.54. The van der Waals surface area contributed by atoms with Gasteiger partial charge in [-0.15, -0.1) is 10.2 Å². The molecule has 2 rings (SSSR count). The first-order chi connectivity index (χ1) is 8.33. The van der Waals surface area contributed by atoms with Crippen LogP contribution in [0.1, 0.15) is 13.3 Å². The van der Waals surface area contributed by atoms with Gasteiger partial charge in [0.2, 0.25) is 5.13 Å². The molecule has 0 aliphatic rings. The third-order valence-electron chi connectivity index (χ3n) is 2.21. The topological polar surface area (TPSA) is 47.0 Å². The Labute approximate surface area is 105 Å². The van der Waals surface area contributed by atoms with Gasteiger partial charge < -0.3 is 10.1 Å². The fraction of sp³-hybridized carbons (Fsp3) is 0.333. The van der Waals surface area contributed by atoms with Crippen LogP contribution in [0.5, 0.6) is 5.75 Å². The Morgan fingerprint density at radius 3 is 2.59 bits per heavy atom. The molecule has 0 spiro atoms. The van der Waals surface area contributed by atoms with E-state index in [1.807, 2.05) is 31.3 Å². The van der Waals surface area contributed by atoms with Gasteiger partial charge in [0.05, 0.1) is 6.61 Å². The summed E-state index contributed by atoms with van der Waals surface area (Å²) < 4.78 is 5.53. The van der Waals surface area contributed by atoms with Crippen molar-refractivity contribution in [1.29, 1.82) is 0 Å². The Bertz CT molecular complexity index is 467. The highest BCUT2D eigenvalue weighted by molar-refractivity contribution is 7.18. The average molecular weight is 249 g/mol. The minimum atomic E-state index is 0.752. The zero-order chi connectivity index (χ0) is 12.1. The van der Waals surface area contributed by atoms with Gasteiger partial charge in [0.1, 0.15) is 10.8 Å². The predicted molar refractivity (Wildman–Crippen MR) is 70.7 cm³/mol. The molecule has 0 atom stereocenters. The van der Waals surface area contributed by atoms with E-state index in [2.05, 4.69) is 22.4 Å². The first-order valence-electron chi connectivity index (χ1n) is 5.58. The lowest BCUT2D eigenvalue weighted by molar-refractivity contribution is 0.317. The Morgan fingerprint density at radius 1 is 1.24 bits per heavy atom. The van der Waals surface area contributed by atoms with Crippen molar-refractivity contribution in [3.63, 3.8) is 0 Å². The third kappa shape index (κ3) is 2.94. The van der Waals surface area contributed by atoms with Crippen LogP contribution < -0.4 is 10.1 Å². The van der Waals surface area contributed by atoms with E-state index in [0.717, 1.165) is 34.5 Å². The Balaban J connectivity index is 2.11. The maximum absolute atomic E-state index is 5.53. The molecule has 1 N–H and O–H groups in total. The molecule has 0 bridgehead atoms. The van der Waals surface area contributed by atoms with Crippen molar-refractivity contribution in [3.05, 3.63) is 24.3 Å². The fourth-order valence-electron chi connectivity index (χ4n) is 1.35. The van der Waals surface area contributed by atoms with Crippen molar-refractivity contribution in [2.24, 2.45) is 0 Å². The van der Waals surface area contributed by atoms with Crippen molar-refractivity contribution in [2.75, 3.05) is 19.0 Å². The molecule has 90 valence electrons. The number of benzene rings is 1. The Hall–Kier alpha value is -1.62. The van der Waals surface area contributed by atoms with Crippen LogP contribution in [0.2, 0.25) is 0 Å². The van der Waals surface area contributed by atoms with Gasteiger partial charge in [-0.05, 0) is 30.7 Å². The molecule has 0 fully saturated rings. The SMILES string of the molecule is CCCOc1ccc(-c2nnc(NC)s2)cc1. The Kier molecular flexibility index (Phi) is 3.93. The van der Waals surface area contributed by atoms with Crippen molar-refractivity contribution in [1.82, 2.24) is 10.2 Å². The molecule has 17 heavy (non-hydrogen) atoms. The smallest absolute Gasteiger partial charge is 0.205 e. The molecular formula is C12H15N3OS. The number of hydrogen-bond donors (Lipinski definition) is 1. The summed E-state index contributed by atoms with van der Waals surface area (Å²) in [5, 5.41) is 12.8. The number of hydrogen-bond acceptors (Lipinski definition) is 5. The molecule has 0 aliphatic carbocycles. The number of nitrogens with zero attached hydrogens (tertiary/aromatic N) is 2. The molecule has 5 heteroatoms. The maximum Gasteiger partial charge on any atom is 0.205 e. The second kappa shape index (κ2) is 5.63. The molecule has 1 aromatic heterocycles. The van der Waals surface area contributed by atoms with E-state index in [-0.39, 0.29) is 0 Å². The van der Waals surface area contributed by atoms with Gasteiger partial charge in [-0.2, -0.15) is 0 Å². The molecular weight excluding hydrogens is 234 g/mol. The summed E-state index contributed by atoms with van der Waals surface area (Å²) in [6.45, 7) is 2.84. The molecule has 0 aliphatic heterocycles. The van der Waals surface area contributed by atoms with Gasteiger partial charge >= 0.3 is 0 Å². The van der Waals surface area contributed by atoms with E-state index in [1.165, 1.54) is 11.3 Å². The van der Waals surface area contributed by atoms with Crippen molar-refractivity contribution in [3.8, 4) is 16.3 Å². The molecule has 1 aromatic carbocycles. The molecule has 0 amide bonds. The summed E-state index contributed by atoms with van der Waals surface area (Å²) in [4.78, 5) is 0. The largest absolute Gasteiger partial charge is 0.494 e. The number of rotatable bonds is 5. The summed E-state index contributed by atoms with van der Waals surface area (Å²) in [5.74, 6) is 0.897. The monoisotopic (exact) mass is 249 g/mol.